The average Bonchev–Trinajstić information content (AvgIpc) is 2.55. The number of alkyl halides is 3. The minimum Gasteiger partial charge on any atom is -0.457 e. The zero-order valence-electron chi connectivity index (χ0n) is 13.1. The first-order chi connectivity index (χ1) is 11.4. The molecule has 2 rings (SSSR count). The van der Waals surface area contributed by atoms with Gasteiger partial charge in [0, 0.05) is 31.0 Å². The molecule has 24 heavy (non-hydrogen) atoms. The van der Waals surface area contributed by atoms with Crippen LogP contribution in [0.2, 0.25) is 0 Å². The smallest absolute Gasteiger partial charge is 0.390 e. The first-order valence-electron chi connectivity index (χ1n) is 7.43. The first kappa shape index (κ1) is 17.8. The second-order valence-corrected chi connectivity index (χ2v) is 5.06. The van der Waals surface area contributed by atoms with Crippen molar-refractivity contribution in [1.82, 2.24) is 9.88 Å². The zero-order chi connectivity index (χ0) is 17.6. The number of carbonyl (C=O) groups is 1. The Hall–Kier alpha value is -2.57. The van der Waals surface area contributed by atoms with Crippen molar-refractivity contribution in [2.75, 3.05) is 13.1 Å². The fourth-order valence-electron chi connectivity index (χ4n) is 2.08. The highest BCUT2D eigenvalue weighted by Crippen LogP contribution is 2.23. The molecule has 0 fully saturated rings. The molecule has 0 aliphatic carbocycles. The predicted molar refractivity (Wildman–Crippen MR) is 83.0 cm³/mol. The Bertz CT molecular complexity index is 675. The summed E-state index contributed by atoms with van der Waals surface area (Å²) in [5.41, 5.74) is 0.283. The van der Waals surface area contributed by atoms with Crippen molar-refractivity contribution in [2.24, 2.45) is 0 Å². The van der Waals surface area contributed by atoms with Crippen molar-refractivity contribution in [1.29, 1.82) is 0 Å². The molecule has 1 heterocycles. The van der Waals surface area contributed by atoms with E-state index in [1.807, 2.05) is 0 Å². The summed E-state index contributed by atoms with van der Waals surface area (Å²) in [5.74, 6) is 0.528. The lowest BCUT2D eigenvalue weighted by Crippen LogP contribution is -2.34. The highest BCUT2D eigenvalue weighted by molar-refractivity contribution is 5.94. The average molecular weight is 338 g/mol. The van der Waals surface area contributed by atoms with Crippen molar-refractivity contribution in [2.45, 2.75) is 19.5 Å². The number of carbonyl (C=O) groups excluding carboxylic acids is 1. The monoisotopic (exact) mass is 338 g/mol. The van der Waals surface area contributed by atoms with Crippen LogP contribution in [0.15, 0.2) is 48.8 Å². The molecule has 7 heteroatoms. The molecule has 0 saturated heterocycles. The SMILES string of the molecule is CCN(CCC(F)(F)F)C(=O)c1cccc(Oc2ccncc2)c1. The highest BCUT2D eigenvalue weighted by Gasteiger charge is 2.28. The van der Waals surface area contributed by atoms with Gasteiger partial charge >= 0.3 is 6.18 Å². The van der Waals surface area contributed by atoms with Gasteiger partial charge in [0.05, 0.1) is 6.42 Å². The van der Waals surface area contributed by atoms with E-state index in [2.05, 4.69) is 4.98 Å². The van der Waals surface area contributed by atoms with Crippen molar-refractivity contribution in [3.8, 4) is 11.5 Å². The van der Waals surface area contributed by atoms with Gasteiger partial charge in [-0.1, -0.05) is 6.07 Å². The molecule has 0 bridgehead atoms. The van der Waals surface area contributed by atoms with Crippen molar-refractivity contribution in [3.63, 3.8) is 0 Å². The number of pyridine rings is 1. The van der Waals surface area contributed by atoms with E-state index in [0.717, 1.165) is 0 Å². The highest BCUT2D eigenvalue weighted by atomic mass is 19.4. The van der Waals surface area contributed by atoms with E-state index >= 15 is 0 Å². The Labute approximate surface area is 137 Å². The number of rotatable bonds is 6. The third-order valence-corrected chi connectivity index (χ3v) is 3.30. The molecular formula is C17H17F3N2O2. The topological polar surface area (TPSA) is 42.4 Å². The fourth-order valence-corrected chi connectivity index (χ4v) is 2.08. The lowest BCUT2D eigenvalue weighted by molar-refractivity contribution is -0.136. The Morgan fingerprint density at radius 3 is 2.50 bits per heavy atom. The van der Waals surface area contributed by atoms with E-state index < -0.39 is 18.5 Å². The largest absolute Gasteiger partial charge is 0.457 e. The fraction of sp³-hybridized carbons (Fsp3) is 0.294. The quantitative estimate of drug-likeness (QED) is 0.789. The van der Waals surface area contributed by atoms with Gasteiger partial charge in [0.2, 0.25) is 0 Å². The Kier molecular flexibility index (Phi) is 5.78. The summed E-state index contributed by atoms with van der Waals surface area (Å²) in [5, 5.41) is 0. The van der Waals surface area contributed by atoms with Gasteiger partial charge in [0.1, 0.15) is 11.5 Å². The molecule has 128 valence electrons. The lowest BCUT2D eigenvalue weighted by Gasteiger charge is -2.22. The lowest BCUT2D eigenvalue weighted by atomic mass is 10.2. The van der Waals surface area contributed by atoms with Crippen LogP contribution in [0.4, 0.5) is 13.2 Å². The summed E-state index contributed by atoms with van der Waals surface area (Å²) in [7, 11) is 0. The molecule has 0 atom stereocenters. The van der Waals surface area contributed by atoms with Crippen LogP contribution in [0.3, 0.4) is 0 Å². The Balaban J connectivity index is 2.10. The summed E-state index contributed by atoms with van der Waals surface area (Å²) >= 11 is 0. The first-order valence-corrected chi connectivity index (χ1v) is 7.43. The maximum absolute atomic E-state index is 12.4. The van der Waals surface area contributed by atoms with E-state index in [-0.39, 0.29) is 18.7 Å². The van der Waals surface area contributed by atoms with Gasteiger partial charge < -0.3 is 9.64 Å². The third-order valence-electron chi connectivity index (χ3n) is 3.30. The number of aromatic nitrogens is 1. The van der Waals surface area contributed by atoms with Crippen molar-refractivity contribution in [3.05, 3.63) is 54.4 Å². The minimum atomic E-state index is -4.29. The molecule has 0 radical (unpaired) electrons. The van der Waals surface area contributed by atoms with Gasteiger partial charge in [-0.05, 0) is 37.3 Å². The molecule has 0 N–H and O–H groups in total. The summed E-state index contributed by atoms with van der Waals surface area (Å²) in [6, 6.07) is 9.69. The molecule has 0 aliphatic heterocycles. The van der Waals surface area contributed by atoms with Crippen LogP contribution >= 0.6 is 0 Å². The maximum Gasteiger partial charge on any atom is 0.390 e. The van der Waals surface area contributed by atoms with Crippen LogP contribution < -0.4 is 4.74 Å². The number of ether oxygens (including phenoxy) is 1. The molecule has 0 aliphatic rings. The predicted octanol–water partition coefficient (Wildman–Crippen LogP) is 4.29. The summed E-state index contributed by atoms with van der Waals surface area (Å²) in [4.78, 5) is 17.4. The van der Waals surface area contributed by atoms with Crippen molar-refractivity contribution >= 4 is 5.91 Å². The molecule has 0 spiro atoms. The third kappa shape index (κ3) is 5.26. The Morgan fingerprint density at radius 2 is 1.88 bits per heavy atom. The number of nitrogens with zero attached hydrogens (tertiary/aromatic N) is 2. The van der Waals surface area contributed by atoms with Gasteiger partial charge in [-0.25, -0.2) is 0 Å². The molecule has 1 aromatic heterocycles. The summed E-state index contributed by atoms with van der Waals surface area (Å²) < 4.78 is 42.7. The normalized spacial score (nSPS) is 11.2. The van der Waals surface area contributed by atoms with E-state index in [0.29, 0.717) is 11.5 Å². The molecular weight excluding hydrogens is 321 g/mol. The number of benzene rings is 1. The van der Waals surface area contributed by atoms with Gasteiger partial charge in [-0.2, -0.15) is 13.2 Å². The van der Waals surface area contributed by atoms with Crippen molar-refractivity contribution < 1.29 is 22.7 Å². The van der Waals surface area contributed by atoms with Crippen LogP contribution in [0.25, 0.3) is 0 Å². The summed E-state index contributed by atoms with van der Waals surface area (Å²) in [6.45, 7) is 1.48. The van der Waals surface area contributed by atoms with E-state index in [9.17, 15) is 18.0 Å². The van der Waals surface area contributed by atoms with E-state index in [4.69, 9.17) is 4.74 Å². The van der Waals surface area contributed by atoms with Gasteiger partial charge in [-0.3, -0.25) is 9.78 Å². The van der Waals surface area contributed by atoms with E-state index in [1.165, 1.54) is 11.0 Å². The molecule has 0 unspecified atom stereocenters. The van der Waals surface area contributed by atoms with Crippen LogP contribution in [0.5, 0.6) is 11.5 Å². The van der Waals surface area contributed by atoms with Crippen LogP contribution in [-0.2, 0) is 0 Å². The van der Waals surface area contributed by atoms with Crippen LogP contribution in [0, 0.1) is 0 Å². The summed E-state index contributed by atoms with van der Waals surface area (Å²) in [6.07, 6.45) is -2.18. The molecule has 1 aromatic carbocycles. The van der Waals surface area contributed by atoms with Crippen LogP contribution in [0.1, 0.15) is 23.7 Å². The number of hydrogen-bond donors (Lipinski definition) is 0. The standard InChI is InChI=1S/C17H17F3N2O2/c1-2-22(11-8-17(18,19)20)16(23)13-4-3-5-15(12-13)24-14-6-9-21-10-7-14/h3-7,9-10,12H,2,8,11H2,1H3. The number of hydrogen-bond acceptors (Lipinski definition) is 3. The molecule has 0 saturated carbocycles. The maximum atomic E-state index is 12.4. The molecule has 2 aromatic rings. The molecule has 4 nitrogen and oxygen atoms in total. The second kappa shape index (κ2) is 7.81. The number of amides is 1. The Morgan fingerprint density at radius 1 is 1.17 bits per heavy atom. The van der Waals surface area contributed by atoms with Gasteiger partial charge in [-0.15, -0.1) is 0 Å². The van der Waals surface area contributed by atoms with Crippen LogP contribution in [-0.4, -0.2) is 35.1 Å². The number of halogens is 3. The minimum absolute atomic E-state index is 0.199. The van der Waals surface area contributed by atoms with Gasteiger partial charge in [0.25, 0.3) is 5.91 Å². The molecule has 1 amide bonds. The van der Waals surface area contributed by atoms with E-state index in [1.54, 1.807) is 49.6 Å². The van der Waals surface area contributed by atoms with Gasteiger partial charge in [0.15, 0.2) is 0 Å². The zero-order valence-corrected chi connectivity index (χ0v) is 13.1. The second-order valence-electron chi connectivity index (χ2n) is 5.06.